The number of allylic oxidation sites excluding steroid dienone is 1. The summed E-state index contributed by atoms with van der Waals surface area (Å²) in [4.78, 5) is 11.1. The second kappa shape index (κ2) is 6.24. The lowest BCUT2D eigenvalue weighted by molar-refractivity contribution is -0.0833. The van der Waals surface area contributed by atoms with Crippen LogP contribution in [0.2, 0.25) is 0 Å². The Morgan fingerprint density at radius 2 is 1.67 bits per heavy atom. The molecule has 0 bridgehead atoms. The summed E-state index contributed by atoms with van der Waals surface area (Å²) in [7, 11) is 0. The molecule has 4 heteroatoms. The van der Waals surface area contributed by atoms with Gasteiger partial charge in [0.05, 0.1) is 6.20 Å². The lowest BCUT2D eigenvalue weighted by Gasteiger charge is -2.24. The molecule has 0 spiro atoms. The molecular weight excluding hydrogens is 264 g/mol. The maximum absolute atomic E-state index is 5.85. The molecule has 0 saturated carbocycles. The van der Waals surface area contributed by atoms with E-state index in [1.54, 1.807) is 11.3 Å². The van der Waals surface area contributed by atoms with Crippen LogP contribution in [0, 0.1) is 0 Å². The average molecular weight is 280 g/mol. The highest BCUT2D eigenvalue weighted by Crippen LogP contribution is 2.16. The molecule has 4 nitrogen and oxygen atoms in total. The monoisotopic (exact) mass is 280 g/mol. The van der Waals surface area contributed by atoms with Crippen molar-refractivity contribution in [3.63, 3.8) is 0 Å². The Morgan fingerprint density at radius 3 is 2.38 bits per heavy atom. The molecule has 1 aliphatic rings. The summed E-state index contributed by atoms with van der Waals surface area (Å²) in [6, 6.07) is 19.8. The normalized spacial score (nSPS) is 14.2. The molecule has 0 aromatic heterocycles. The molecule has 1 heterocycles. The smallest absolute Gasteiger partial charge is 0.204 e. The van der Waals surface area contributed by atoms with E-state index in [0.29, 0.717) is 18.2 Å². The summed E-state index contributed by atoms with van der Waals surface area (Å²) in [6.45, 7) is 2.31. The van der Waals surface area contributed by atoms with Gasteiger partial charge in [-0.2, -0.15) is 0 Å². The van der Waals surface area contributed by atoms with Gasteiger partial charge in [-0.1, -0.05) is 65.8 Å². The maximum Gasteiger partial charge on any atom is 0.204 e. The third kappa shape index (κ3) is 3.30. The summed E-state index contributed by atoms with van der Waals surface area (Å²) in [5.74, 6) is 1.32. The quantitative estimate of drug-likeness (QED) is 0.857. The van der Waals surface area contributed by atoms with Crippen LogP contribution in [0.25, 0.3) is 0 Å². The molecule has 3 rings (SSSR count). The molecule has 0 fully saturated rings. The van der Waals surface area contributed by atoms with Crippen LogP contribution in [-0.2, 0) is 16.3 Å². The lowest BCUT2D eigenvalue weighted by Crippen LogP contribution is -2.30. The third-order valence-electron chi connectivity index (χ3n) is 3.03. The topological polar surface area (TPSA) is 34.1 Å². The van der Waals surface area contributed by atoms with E-state index >= 15 is 0 Å². The minimum Gasteiger partial charge on any atom is -0.358 e. The highest BCUT2D eigenvalue weighted by Gasteiger charge is 2.18. The van der Waals surface area contributed by atoms with Gasteiger partial charge in [0.25, 0.3) is 0 Å². The van der Waals surface area contributed by atoms with Gasteiger partial charge in [-0.25, -0.2) is 5.06 Å². The first kappa shape index (κ1) is 13.4. The van der Waals surface area contributed by atoms with Crippen molar-refractivity contribution >= 4 is 5.84 Å². The number of benzene rings is 2. The molecule has 0 atom stereocenters. The predicted molar refractivity (Wildman–Crippen MR) is 80.9 cm³/mol. The van der Waals surface area contributed by atoms with Crippen LogP contribution in [0.3, 0.4) is 0 Å². The van der Waals surface area contributed by atoms with Crippen molar-refractivity contribution < 1.29 is 9.68 Å². The number of hydroxylamine groups is 2. The van der Waals surface area contributed by atoms with Gasteiger partial charge in [0, 0.05) is 5.56 Å². The fourth-order valence-corrected chi connectivity index (χ4v) is 1.99. The Labute approximate surface area is 123 Å². The van der Waals surface area contributed by atoms with Gasteiger partial charge in [0.15, 0.2) is 5.76 Å². The van der Waals surface area contributed by atoms with Crippen LogP contribution in [0.4, 0.5) is 0 Å². The van der Waals surface area contributed by atoms with Crippen molar-refractivity contribution in [1.29, 1.82) is 0 Å². The molecule has 0 amide bonds. The van der Waals surface area contributed by atoms with E-state index in [9.17, 15) is 0 Å². The molecule has 21 heavy (non-hydrogen) atoms. The Balaban J connectivity index is 1.77. The van der Waals surface area contributed by atoms with Crippen LogP contribution in [0.1, 0.15) is 18.1 Å². The van der Waals surface area contributed by atoms with Crippen LogP contribution >= 0.6 is 0 Å². The average Bonchev–Trinajstić information content (AvgIpc) is 2.55. The Morgan fingerprint density at radius 1 is 1.00 bits per heavy atom. The molecule has 1 aliphatic heterocycles. The summed E-state index contributed by atoms with van der Waals surface area (Å²) in [5, 5.41) is 5.78. The molecule has 106 valence electrons. The molecule has 0 radical (unpaired) electrons. The van der Waals surface area contributed by atoms with Crippen molar-refractivity contribution in [1.82, 2.24) is 5.06 Å². The van der Waals surface area contributed by atoms with Crippen molar-refractivity contribution in [2.75, 3.05) is 0 Å². The number of rotatable bonds is 4. The maximum atomic E-state index is 5.85. The predicted octanol–water partition coefficient (Wildman–Crippen LogP) is 3.67. The van der Waals surface area contributed by atoms with Gasteiger partial charge in [-0.05, 0) is 12.5 Å². The largest absolute Gasteiger partial charge is 0.358 e. The molecule has 0 aliphatic carbocycles. The first-order chi connectivity index (χ1) is 10.3. The summed E-state index contributed by atoms with van der Waals surface area (Å²) >= 11 is 0. The molecule has 2 aromatic rings. The zero-order valence-electron chi connectivity index (χ0n) is 11.8. The first-order valence-corrected chi connectivity index (χ1v) is 6.78. The van der Waals surface area contributed by atoms with Crippen LogP contribution < -0.4 is 0 Å². The minimum atomic E-state index is 0.469. The SMILES string of the molecule is CC1=CN(OCc2ccccc2)C(c2ccccc2)=NO1. The fourth-order valence-electron chi connectivity index (χ4n) is 1.99. The van der Waals surface area contributed by atoms with Crippen molar-refractivity contribution in [3.8, 4) is 0 Å². The number of amidine groups is 1. The third-order valence-corrected chi connectivity index (χ3v) is 3.03. The zero-order chi connectivity index (χ0) is 14.5. The summed E-state index contributed by atoms with van der Waals surface area (Å²) in [6.07, 6.45) is 1.79. The van der Waals surface area contributed by atoms with Crippen LogP contribution in [0.15, 0.2) is 77.8 Å². The Bertz CT molecular complexity index is 651. The van der Waals surface area contributed by atoms with Gasteiger partial charge in [-0.15, -0.1) is 0 Å². The standard InChI is InChI=1S/C17H16N2O2/c1-14-12-19(20-13-15-8-4-2-5-9-15)17(18-21-14)16-10-6-3-7-11-16/h2-12H,13H2,1H3. The van der Waals surface area contributed by atoms with Gasteiger partial charge >= 0.3 is 0 Å². The molecule has 2 aromatic carbocycles. The van der Waals surface area contributed by atoms with E-state index in [1.807, 2.05) is 67.6 Å². The zero-order valence-corrected chi connectivity index (χ0v) is 11.8. The molecular formula is C17H16N2O2. The summed E-state index contributed by atoms with van der Waals surface area (Å²) < 4.78 is 0. The Kier molecular flexibility index (Phi) is 3.98. The van der Waals surface area contributed by atoms with Crippen LogP contribution in [-0.4, -0.2) is 10.9 Å². The molecule has 0 N–H and O–H groups in total. The Hall–Kier alpha value is -2.59. The first-order valence-electron chi connectivity index (χ1n) is 6.78. The highest BCUT2D eigenvalue weighted by atomic mass is 16.7. The van der Waals surface area contributed by atoms with Gasteiger partial charge in [0.2, 0.25) is 5.84 Å². The highest BCUT2D eigenvalue weighted by molar-refractivity contribution is 5.98. The van der Waals surface area contributed by atoms with Crippen molar-refractivity contribution in [2.45, 2.75) is 13.5 Å². The van der Waals surface area contributed by atoms with E-state index in [2.05, 4.69) is 5.16 Å². The second-order valence-electron chi connectivity index (χ2n) is 4.70. The van der Waals surface area contributed by atoms with Gasteiger partial charge in [0.1, 0.15) is 6.61 Å². The lowest BCUT2D eigenvalue weighted by atomic mass is 10.2. The number of oxime groups is 1. The minimum absolute atomic E-state index is 0.469. The second-order valence-corrected chi connectivity index (χ2v) is 4.70. The molecule has 0 unspecified atom stereocenters. The van der Waals surface area contributed by atoms with E-state index in [-0.39, 0.29) is 0 Å². The number of hydrogen-bond donors (Lipinski definition) is 0. The molecule has 0 saturated heterocycles. The summed E-state index contributed by atoms with van der Waals surface area (Å²) in [5.41, 5.74) is 2.04. The van der Waals surface area contributed by atoms with Gasteiger partial charge < -0.3 is 4.84 Å². The van der Waals surface area contributed by atoms with Crippen molar-refractivity contribution in [2.24, 2.45) is 5.16 Å². The van der Waals surface area contributed by atoms with E-state index < -0.39 is 0 Å². The van der Waals surface area contributed by atoms with E-state index in [4.69, 9.17) is 9.68 Å². The van der Waals surface area contributed by atoms with E-state index in [0.717, 1.165) is 11.1 Å². The van der Waals surface area contributed by atoms with Crippen molar-refractivity contribution in [3.05, 3.63) is 83.7 Å². The van der Waals surface area contributed by atoms with Gasteiger partial charge in [-0.3, -0.25) is 4.84 Å². The fraction of sp³-hybridized carbons (Fsp3) is 0.118. The van der Waals surface area contributed by atoms with E-state index in [1.165, 1.54) is 0 Å². The number of hydrogen-bond acceptors (Lipinski definition) is 4. The number of nitrogens with zero attached hydrogens (tertiary/aromatic N) is 2. The van der Waals surface area contributed by atoms with Crippen LogP contribution in [0.5, 0.6) is 0 Å².